The third-order valence-electron chi connectivity index (χ3n) is 4.57. The molecule has 0 atom stereocenters. The van der Waals surface area contributed by atoms with E-state index in [9.17, 15) is 19.7 Å². The fraction of sp³-hybridized carbons (Fsp3) is 0.143. The molecule has 3 rings (SSSR count). The van der Waals surface area contributed by atoms with Gasteiger partial charge in [-0.15, -0.1) is 0 Å². The number of nitro groups is 1. The Bertz CT molecular complexity index is 1120. The Balaban J connectivity index is 1.97. The summed E-state index contributed by atoms with van der Waals surface area (Å²) in [5.74, 6) is -0.808. The number of amides is 1. The number of non-ortho nitro benzene ring substituents is 1. The number of Topliss-reactive ketones (excluding diaryl/α,β-unsaturated/α-hetero) is 1. The molecule has 30 heavy (non-hydrogen) atoms. The van der Waals surface area contributed by atoms with Crippen molar-refractivity contribution in [2.75, 3.05) is 11.6 Å². The van der Waals surface area contributed by atoms with Gasteiger partial charge in [-0.25, -0.2) is 5.01 Å². The van der Waals surface area contributed by atoms with Gasteiger partial charge in [0.05, 0.1) is 15.0 Å². The highest BCUT2D eigenvalue weighted by atomic mass is 35.5. The fourth-order valence-electron chi connectivity index (χ4n) is 3.05. The van der Waals surface area contributed by atoms with E-state index in [1.54, 1.807) is 4.68 Å². The fourth-order valence-corrected chi connectivity index (χ4v) is 3.35. The molecule has 0 saturated heterocycles. The molecule has 0 N–H and O–H groups in total. The Labute approximate surface area is 182 Å². The van der Waals surface area contributed by atoms with Crippen LogP contribution in [0.5, 0.6) is 0 Å². The van der Waals surface area contributed by atoms with Gasteiger partial charge in [-0.2, -0.15) is 0 Å². The van der Waals surface area contributed by atoms with Gasteiger partial charge >= 0.3 is 0 Å². The standard InChI is InChI=1S/C21H17Cl2N3O4/c1-13-3-4-14(2)25(13)24(21(28)16-7-10-18(22)19(23)11-16)12-20(27)15-5-8-17(9-6-15)26(29)30/h3-11H,12H2,1-2H3. The van der Waals surface area contributed by atoms with Gasteiger partial charge in [0.2, 0.25) is 0 Å². The molecule has 154 valence electrons. The topological polar surface area (TPSA) is 85.4 Å². The zero-order valence-electron chi connectivity index (χ0n) is 16.1. The van der Waals surface area contributed by atoms with Crippen molar-refractivity contribution in [3.63, 3.8) is 0 Å². The number of benzene rings is 2. The molecule has 1 amide bonds. The molecule has 0 spiro atoms. The Morgan fingerprint density at radius 3 is 2.03 bits per heavy atom. The number of halogens is 2. The molecule has 0 unspecified atom stereocenters. The molecule has 0 aliphatic carbocycles. The average molecular weight is 446 g/mol. The second-order valence-corrected chi connectivity index (χ2v) is 7.46. The van der Waals surface area contributed by atoms with Crippen LogP contribution in [0.15, 0.2) is 54.6 Å². The maximum atomic E-state index is 13.3. The lowest BCUT2D eigenvalue weighted by Crippen LogP contribution is -2.45. The summed E-state index contributed by atoms with van der Waals surface area (Å²) < 4.78 is 1.65. The molecule has 9 heteroatoms. The number of carbonyl (C=O) groups excluding carboxylic acids is 2. The van der Waals surface area contributed by atoms with E-state index in [-0.39, 0.29) is 34.2 Å². The summed E-state index contributed by atoms with van der Waals surface area (Å²) in [4.78, 5) is 36.5. The van der Waals surface area contributed by atoms with Crippen LogP contribution in [0.25, 0.3) is 0 Å². The van der Waals surface area contributed by atoms with Gasteiger partial charge in [0.15, 0.2) is 5.78 Å². The Morgan fingerprint density at radius 1 is 0.933 bits per heavy atom. The lowest BCUT2D eigenvalue weighted by Gasteiger charge is -2.26. The lowest BCUT2D eigenvalue weighted by molar-refractivity contribution is -0.384. The predicted molar refractivity (Wildman–Crippen MR) is 115 cm³/mol. The molecule has 0 bridgehead atoms. The second kappa shape index (κ2) is 8.69. The molecule has 0 aliphatic rings. The Hall–Kier alpha value is -3.16. The maximum Gasteiger partial charge on any atom is 0.273 e. The number of aromatic nitrogens is 1. The summed E-state index contributed by atoms with van der Waals surface area (Å²) in [5.41, 5.74) is 1.94. The summed E-state index contributed by atoms with van der Waals surface area (Å²) in [6.07, 6.45) is 0. The predicted octanol–water partition coefficient (Wildman–Crippen LogP) is 4.98. The van der Waals surface area contributed by atoms with Gasteiger partial charge in [0, 0.05) is 34.6 Å². The monoisotopic (exact) mass is 445 g/mol. The van der Waals surface area contributed by atoms with Crippen molar-refractivity contribution in [3.05, 3.63) is 97.3 Å². The molecule has 0 saturated carbocycles. The molecule has 2 aromatic carbocycles. The highest BCUT2D eigenvalue weighted by Gasteiger charge is 2.24. The first-order valence-corrected chi connectivity index (χ1v) is 9.64. The van der Waals surface area contributed by atoms with E-state index in [0.29, 0.717) is 5.02 Å². The van der Waals surface area contributed by atoms with Crippen LogP contribution in [0.3, 0.4) is 0 Å². The number of hydrogen-bond acceptors (Lipinski definition) is 4. The summed E-state index contributed by atoms with van der Waals surface area (Å²) in [6.45, 7) is 3.37. The minimum atomic E-state index is -0.541. The van der Waals surface area contributed by atoms with E-state index in [4.69, 9.17) is 23.2 Å². The minimum absolute atomic E-state index is 0.118. The van der Waals surface area contributed by atoms with Gasteiger partial charge in [-0.3, -0.25) is 24.4 Å². The van der Waals surface area contributed by atoms with Gasteiger partial charge in [0.1, 0.15) is 6.54 Å². The van der Waals surface area contributed by atoms with Crippen LogP contribution in [0, 0.1) is 24.0 Å². The van der Waals surface area contributed by atoms with E-state index in [1.165, 1.54) is 47.5 Å². The minimum Gasteiger partial charge on any atom is -0.292 e. The number of rotatable bonds is 6. The van der Waals surface area contributed by atoms with Crippen LogP contribution < -0.4 is 5.01 Å². The SMILES string of the molecule is Cc1ccc(C)n1N(CC(=O)c1ccc([N+](=O)[O-])cc1)C(=O)c1ccc(Cl)c(Cl)c1. The molecule has 1 aromatic heterocycles. The molecule has 3 aromatic rings. The third kappa shape index (κ3) is 4.37. The number of aryl methyl sites for hydroxylation is 2. The molecular formula is C21H17Cl2N3O4. The Morgan fingerprint density at radius 2 is 1.50 bits per heavy atom. The Kier molecular flexibility index (Phi) is 6.24. The van der Waals surface area contributed by atoms with Crippen LogP contribution >= 0.6 is 23.2 Å². The van der Waals surface area contributed by atoms with Crippen molar-refractivity contribution >= 4 is 40.6 Å². The zero-order chi connectivity index (χ0) is 22.0. The highest BCUT2D eigenvalue weighted by Crippen LogP contribution is 2.24. The molecular weight excluding hydrogens is 429 g/mol. The van der Waals surface area contributed by atoms with Gasteiger partial charge in [0.25, 0.3) is 11.6 Å². The van der Waals surface area contributed by atoms with E-state index in [0.717, 1.165) is 11.4 Å². The van der Waals surface area contributed by atoms with Gasteiger partial charge in [-0.1, -0.05) is 23.2 Å². The van der Waals surface area contributed by atoms with Crippen molar-refractivity contribution in [1.82, 2.24) is 4.68 Å². The van der Waals surface area contributed by atoms with Crippen LogP contribution in [0.1, 0.15) is 32.1 Å². The third-order valence-corrected chi connectivity index (χ3v) is 5.31. The van der Waals surface area contributed by atoms with E-state index < -0.39 is 10.8 Å². The average Bonchev–Trinajstić information content (AvgIpc) is 3.05. The summed E-state index contributed by atoms with van der Waals surface area (Å²) in [5, 5.41) is 12.7. The number of nitro benzene ring substituents is 1. The first-order chi connectivity index (χ1) is 14.2. The molecule has 0 fully saturated rings. The number of hydrogen-bond donors (Lipinski definition) is 0. The summed E-state index contributed by atoms with van der Waals surface area (Å²) in [6, 6.07) is 13.4. The van der Waals surface area contributed by atoms with Crippen LogP contribution in [-0.4, -0.2) is 27.8 Å². The first-order valence-electron chi connectivity index (χ1n) is 8.89. The van der Waals surface area contributed by atoms with Crippen LogP contribution in [-0.2, 0) is 0 Å². The number of carbonyl (C=O) groups is 2. The number of nitrogens with zero attached hydrogens (tertiary/aromatic N) is 3. The quantitative estimate of drug-likeness (QED) is 0.304. The second-order valence-electron chi connectivity index (χ2n) is 6.65. The highest BCUT2D eigenvalue weighted by molar-refractivity contribution is 6.42. The number of ketones is 1. The van der Waals surface area contributed by atoms with Crippen LogP contribution in [0.4, 0.5) is 5.69 Å². The van der Waals surface area contributed by atoms with Crippen molar-refractivity contribution in [1.29, 1.82) is 0 Å². The lowest BCUT2D eigenvalue weighted by atomic mass is 10.1. The summed E-state index contributed by atoms with van der Waals surface area (Å²) >= 11 is 12.0. The van der Waals surface area contributed by atoms with E-state index in [1.807, 2.05) is 26.0 Å². The van der Waals surface area contributed by atoms with Gasteiger partial charge in [-0.05, 0) is 56.3 Å². The summed E-state index contributed by atoms with van der Waals surface area (Å²) in [7, 11) is 0. The molecule has 0 aliphatic heterocycles. The van der Waals surface area contributed by atoms with Crippen molar-refractivity contribution in [2.24, 2.45) is 0 Å². The maximum absolute atomic E-state index is 13.3. The van der Waals surface area contributed by atoms with Gasteiger partial charge < -0.3 is 0 Å². The smallest absolute Gasteiger partial charge is 0.273 e. The van der Waals surface area contributed by atoms with Crippen molar-refractivity contribution in [3.8, 4) is 0 Å². The van der Waals surface area contributed by atoms with Crippen molar-refractivity contribution in [2.45, 2.75) is 13.8 Å². The van der Waals surface area contributed by atoms with E-state index in [2.05, 4.69) is 0 Å². The van der Waals surface area contributed by atoms with Crippen molar-refractivity contribution < 1.29 is 14.5 Å². The normalized spacial score (nSPS) is 10.7. The van der Waals surface area contributed by atoms with Crippen LogP contribution in [0.2, 0.25) is 10.0 Å². The largest absolute Gasteiger partial charge is 0.292 e. The first kappa shape index (κ1) is 21.5. The molecule has 0 radical (unpaired) electrons. The molecule has 7 nitrogen and oxygen atoms in total. The zero-order valence-corrected chi connectivity index (χ0v) is 17.6. The molecule has 1 heterocycles. The van der Waals surface area contributed by atoms with E-state index >= 15 is 0 Å².